The van der Waals surface area contributed by atoms with Crippen molar-refractivity contribution in [3.8, 4) is 0 Å². The molecule has 0 saturated carbocycles. The van der Waals surface area contributed by atoms with Gasteiger partial charge in [-0.05, 0) is 18.9 Å². The van der Waals surface area contributed by atoms with Crippen LogP contribution in [0.25, 0.3) is 0 Å². The highest BCUT2D eigenvalue weighted by molar-refractivity contribution is 5.82. The van der Waals surface area contributed by atoms with Crippen LogP contribution in [0.1, 0.15) is 18.9 Å². The highest BCUT2D eigenvalue weighted by Crippen LogP contribution is 2.02. The van der Waals surface area contributed by atoms with Gasteiger partial charge in [-0.3, -0.25) is 4.68 Å². The first-order chi connectivity index (χ1) is 8.95. The van der Waals surface area contributed by atoms with E-state index in [-0.39, 0.29) is 0 Å². The van der Waals surface area contributed by atoms with Crippen LogP contribution in [0, 0.1) is 6.92 Å². The van der Waals surface area contributed by atoms with Gasteiger partial charge in [0.15, 0.2) is 0 Å². The maximum atomic E-state index is 11.8. The van der Waals surface area contributed by atoms with Crippen molar-refractivity contribution in [1.29, 1.82) is 0 Å². The lowest BCUT2D eigenvalue weighted by Crippen LogP contribution is -2.47. The number of likely N-dealkylation sites (N-methyl/N-ethyl adjacent to an activating group) is 1. The molecule has 1 aromatic rings. The van der Waals surface area contributed by atoms with Crippen molar-refractivity contribution in [2.24, 2.45) is 0 Å². The van der Waals surface area contributed by atoms with Crippen LogP contribution in [0.3, 0.4) is 0 Å². The van der Waals surface area contributed by atoms with E-state index in [0.717, 1.165) is 5.56 Å². The molecule has 0 saturated heterocycles. The molecule has 19 heavy (non-hydrogen) atoms. The zero-order valence-electron chi connectivity index (χ0n) is 11.5. The lowest BCUT2D eigenvalue weighted by molar-refractivity contribution is -0.141. The zero-order chi connectivity index (χ0) is 14.4. The normalized spacial score (nSPS) is 11.9. The molecule has 7 nitrogen and oxygen atoms in total. The summed E-state index contributed by atoms with van der Waals surface area (Å²) in [6.45, 7) is 4.63. The smallest absolute Gasteiger partial charge is 0.326 e. The molecule has 1 atom stereocenters. The van der Waals surface area contributed by atoms with E-state index in [4.69, 9.17) is 5.11 Å². The fraction of sp³-hybridized carbons (Fsp3) is 0.583. The first-order valence-corrected chi connectivity index (χ1v) is 6.18. The van der Waals surface area contributed by atoms with Gasteiger partial charge in [-0.1, -0.05) is 6.92 Å². The van der Waals surface area contributed by atoms with Gasteiger partial charge >= 0.3 is 12.0 Å². The molecule has 7 heteroatoms. The third kappa shape index (κ3) is 4.27. The van der Waals surface area contributed by atoms with Gasteiger partial charge in [0.25, 0.3) is 0 Å². The highest BCUT2D eigenvalue weighted by atomic mass is 16.4. The Balaban J connectivity index is 2.40. The Kier molecular flexibility index (Phi) is 5.35. The van der Waals surface area contributed by atoms with E-state index in [9.17, 15) is 9.59 Å². The van der Waals surface area contributed by atoms with Gasteiger partial charge in [0.2, 0.25) is 0 Å². The van der Waals surface area contributed by atoms with Gasteiger partial charge < -0.3 is 15.3 Å². The second kappa shape index (κ2) is 6.77. The summed E-state index contributed by atoms with van der Waals surface area (Å²) >= 11 is 0. The second-order valence-corrected chi connectivity index (χ2v) is 4.39. The number of nitrogens with one attached hydrogen (secondary N) is 1. The van der Waals surface area contributed by atoms with Crippen molar-refractivity contribution in [2.45, 2.75) is 32.9 Å². The monoisotopic (exact) mass is 268 g/mol. The van der Waals surface area contributed by atoms with Crippen molar-refractivity contribution >= 4 is 12.0 Å². The van der Waals surface area contributed by atoms with Crippen LogP contribution in [0.5, 0.6) is 0 Å². The SMILES string of the molecule is CCC(C(=O)O)N(C)C(=O)NCCn1cc(C)cn1. The molecule has 0 fully saturated rings. The lowest BCUT2D eigenvalue weighted by atomic mass is 10.2. The van der Waals surface area contributed by atoms with Crippen molar-refractivity contribution in [3.05, 3.63) is 18.0 Å². The molecular formula is C12H20N4O3. The standard InChI is InChI=1S/C12H20N4O3/c1-4-10(11(17)18)15(3)12(19)13-5-6-16-8-9(2)7-14-16/h7-8,10H,4-6H2,1-3H3,(H,13,19)(H,17,18). The summed E-state index contributed by atoms with van der Waals surface area (Å²) in [6, 6.07) is -1.19. The number of aliphatic carboxylic acids is 1. The average Bonchev–Trinajstić information content (AvgIpc) is 2.75. The third-order valence-corrected chi connectivity index (χ3v) is 2.84. The Bertz CT molecular complexity index is 444. The predicted octanol–water partition coefficient (Wildman–Crippen LogP) is 0.696. The van der Waals surface area contributed by atoms with Gasteiger partial charge in [0, 0.05) is 19.8 Å². The molecule has 1 unspecified atom stereocenters. The fourth-order valence-electron chi connectivity index (χ4n) is 1.75. The first kappa shape index (κ1) is 15.0. The number of carbonyl (C=O) groups excluding carboxylic acids is 1. The highest BCUT2D eigenvalue weighted by Gasteiger charge is 2.24. The number of carbonyl (C=O) groups is 2. The van der Waals surface area contributed by atoms with Gasteiger partial charge in [-0.2, -0.15) is 5.10 Å². The van der Waals surface area contributed by atoms with E-state index in [1.807, 2.05) is 13.1 Å². The van der Waals surface area contributed by atoms with Crippen molar-refractivity contribution in [3.63, 3.8) is 0 Å². The number of hydrogen-bond acceptors (Lipinski definition) is 3. The summed E-state index contributed by atoms with van der Waals surface area (Å²) in [5.41, 5.74) is 1.06. The van der Waals surface area contributed by atoms with Crippen LogP contribution in [0.2, 0.25) is 0 Å². The molecule has 106 valence electrons. The summed E-state index contributed by atoms with van der Waals surface area (Å²) in [5, 5.41) is 15.7. The van der Waals surface area contributed by atoms with Gasteiger partial charge in [0.05, 0.1) is 12.7 Å². The molecule has 0 aliphatic rings. The Labute approximate surface area is 112 Å². The molecule has 0 spiro atoms. The van der Waals surface area contributed by atoms with Gasteiger partial charge in [0.1, 0.15) is 6.04 Å². The number of rotatable bonds is 6. The molecule has 0 aromatic carbocycles. The Hall–Kier alpha value is -2.05. The van der Waals surface area contributed by atoms with Gasteiger partial charge in [-0.15, -0.1) is 0 Å². The molecular weight excluding hydrogens is 248 g/mol. The third-order valence-electron chi connectivity index (χ3n) is 2.84. The first-order valence-electron chi connectivity index (χ1n) is 6.18. The van der Waals surface area contributed by atoms with Crippen LogP contribution in [0.4, 0.5) is 4.79 Å². The number of aromatic nitrogens is 2. The summed E-state index contributed by atoms with van der Waals surface area (Å²) in [5.74, 6) is -0.997. The zero-order valence-corrected chi connectivity index (χ0v) is 11.5. The summed E-state index contributed by atoms with van der Waals surface area (Å²) in [7, 11) is 1.48. The molecule has 2 N–H and O–H groups in total. The largest absolute Gasteiger partial charge is 0.480 e. The second-order valence-electron chi connectivity index (χ2n) is 4.39. The molecule has 0 radical (unpaired) electrons. The Morgan fingerprint density at radius 2 is 2.26 bits per heavy atom. The molecule has 1 heterocycles. The number of carboxylic acid groups (broad SMARTS) is 1. The minimum Gasteiger partial charge on any atom is -0.480 e. The van der Waals surface area contributed by atoms with Crippen LogP contribution in [-0.4, -0.2) is 51.4 Å². The van der Waals surface area contributed by atoms with E-state index < -0.39 is 18.0 Å². The molecule has 2 amide bonds. The number of urea groups is 1. The van der Waals surface area contributed by atoms with Crippen LogP contribution in [0.15, 0.2) is 12.4 Å². The maximum absolute atomic E-state index is 11.8. The summed E-state index contributed by atoms with van der Waals surface area (Å²) < 4.78 is 1.73. The minimum atomic E-state index is -0.997. The van der Waals surface area contributed by atoms with E-state index in [1.165, 1.54) is 11.9 Å². The lowest BCUT2D eigenvalue weighted by Gasteiger charge is -2.23. The van der Waals surface area contributed by atoms with Crippen LogP contribution in [-0.2, 0) is 11.3 Å². The number of nitrogens with zero attached hydrogens (tertiary/aromatic N) is 3. The number of aryl methyl sites for hydroxylation is 1. The van der Waals surface area contributed by atoms with Crippen LogP contribution >= 0.6 is 0 Å². The molecule has 1 rings (SSSR count). The van der Waals surface area contributed by atoms with E-state index in [0.29, 0.717) is 19.5 Å². The fourth-order valence-corrected chi connectivity index (χ4v) is 1.75. The van der Waals surface area contributed by atoms with E-state index >= 15 is 0 Å². The number of carboxylic acids is 1. The number of amides is 2. The van der Waals surface area contributed by atoms with Crippen molar-refractivity contribution < 1.29 is 14.7 Å². The van der Waals surface area contributed by atoms with Gasteiger partial charge in [-0.25, -0.2) is 9.59 Å². The van der Waals surface area contributed by atoms with Crippen molar-refractivity contribution in [2.75, 3.05) is 13.6 Å². The maximum Gasteiger partial charge on any atom is 0.326 e. The molecule has 0 aliphatic heterocycles. The Morgan fingerprint density at radius 1 is 1.58 bits per heavy atom. The topological polar surface area (TPSA) is 87.5 Å². The molecule has 1 aromatic heterocycles. The van der Waals surface area contributed by atoms with Crippen LogP contribution < -0.4 is 5.32 Å². The minimum absolute atomic E-state index is 0.373. The van der Waals surface area contributed by atoms with Crippen molar-refractivity contribution in [1.82, 2.24) is 20.0 Å². The van der Waals surface area contributed by atoms with E-state index in [1.54, 1.807) is 17.8 Å². The Morgan fingerprint density at radius 3 is 2.74 bits per heavy atom. The van der Waals surface area contributed by atoms with E-state index in [2.05, 4.69) is 10.4 Å². The quantitative estimate of drug-likeness (QED) is 0.795. The predicted molar refractivity (Wildman–Crippen MR) is 69.8 cm³/mol. The number of hydrogen-bond donors (Lipinski definition) is 2. The summed E-state index contributed by atoms with van der Waals surface area (Å²) in [4.78, 5) is 23.9. The molecule has 0 bridgehead atoms. The summed E-state index contributed by atoms with van der Waals surface area (Å²) in [6.07, 6.45) is 3.99. The average molecular weight is 268 g/mol. The molecule has 0 aliphatic carbocycles.